The van der Waals surface area contributed by atoms with Crippen LogP contribution in [0.15, 0.2) is 107 Å². The Morgan fingerprint density at radius 1 is 0.595 bits per heavy atom. The molecule has 0 saturated carbocycles. The second kappa shape index (κ2) is 11.0. The van der Waals surface area contributed by atoms with Crippen LogP contribution < -0.4 is 9.47 Å². The van der Waals surface area contributed by atoms with Crippen LogP contribution >= 0.6 is 0 Å². The first-order valence-corrected chi connectivity index (χ1v) is 13.7. The maximum absolute atomic E-state index is 13.0. The highest BCUT2D eigenvalue weighted by atomic mass is 32.2. The Bertz CT molecular complexity index is 1450. The molecule has 0 N–H and O–H groups in total. The van der Waals surface area contributed by atoms with Crippen molar-refractivity contribution < 1.29 is 22.7 Å². The summed E-state index contributed by atoms with van der Waals surface area (Å²) >= 11 is 0. The lowest BCUT2D eigenvalue weighted by Gasteiger charge is -2.11. The van der Waals surface area contributed by atoms with Crippen molar-refractivity contribution >= 4 is 15.6 Å². The zero-order chi connectivity index (χ0) is 26.6. The number of ketones is 1. The van der Waals surface area contributed by atoms with Crippen LogP contribution in [0.5, 0.6) is 17.2 Å². The third-order valence-corrected chi connectivity index (χ3v) is 7.62. The van der Waals surface area contributed by atoms with Gasteiger partial charge in [-0.2, -0.15) is 0 Å². The van der Waals surface area contributed by atoms with Crippen molar-refractivity contribution in [1.82, 2.24) is 0 Å². The zero-order valence-corrected chi connectivity index (χ0v) is 22.2. The quantitative estimate of drug-likeness (QED) is 0.217. The molecule has 37 heavy (non-hydrogen) atoms. The van der Waals surface area contributed by atoms with Gasteiger partial charge in [-0.3, -0.25) is 4.79 Å². The van der Waals surface area contributed by atoms with Crippen molar-refractivity contribution in [3.05, 3.63) is 114 Å². The van der Waals surface area contributed by atoms with E-state index in [-0.39, 0.29) is 21.7 Å². The van der Waals surface area contributed by atoms with Crippen LogP contribution in [-0.4, -0.2) is 20.3 Å². The summed E-state index contributed by atoms with van der Waals surface area (Å²) in [5.41, 5.74) is 2.39. The van der Waals surface area contributed by atoms with E-state index < -0.39 is 9.84 Å². The smallest absolute Gasteiger partial charge is 0.206 e. The molecule has 0 fully saturated rings. The number of hydrogen-bond acceptors (Lipinski definition) is 5. The molecule has 5 nitrogen and oxygen atoms in total. The predicted octanol–water partition coefficient (Wildman–Crippen LogP) is 7.45. The fourth-order valence-electron chi connectivity index (χ4n) is 3.79. The lowest BCUT2D eigenvalue weighted by atomic mass is 9.98. The standard InChI is InChI=1S/C31H30O5S/c1-21(2)23-5-7-24(8-6-23)31(32)25-9-11-27(12-10-25)36-28-15-19-30(20-16-28)37(33,34)29-17-13-26(14-18-29)35-22(3)4/h5-22H,1-4H3. The molecule has 4 rings (SSSR count). The summed E-state index contributed by atoms with van der Waals surface area (Å²) in [7, 11) is -3.67. The topological polar surface area (TPSA) is 69.7 Å². The first-order chi connectivity index (χ1) is 17.6. The second-order valence-corrected chi connectivity index (χ2v) is 11.3. The number of hydrogen-bond donors (Lipinski definition) is 0. The van der Waals surface area contributed by atoms with Crippen LogP contribution in [0, 0.1) is 0 Å². The summed E-state index contributed by atoms with van der Waals surface area (Å²) in [4.78, 5) is 13.2. The van der Waals surface area contributed by atoms with E-state index in [0.717, 1.165) is 0 Å². The van der Waals surface area contributed by atoms with Crippen molar-refractivity contribution in [2.75, 3.05) is 0 Å². The minimum atomic E-state index is -3.67. The van der Waals surface area contributed by atoms with Gasteiger partial charge in [0, 0.05) is 11.1 Å². The van der Waals surface area contributed by atoms with Gasteiger partial charge < -0.3 is 9.47 Å². The molecule has 0 atom stereocenters. The monoisotopic (exact) mass is 514 g/mol. The van der Waals surface area contributed by atoms with Gasteiger partial charge in [0.25, 0.3) is 0 Å². The molecular formula is C31H30O5S. The van der Waals surface area contributed by atoms with E-state index in [4.69, 9.17) is 9.47 Å². The first-order valence-electron chi connectivity index (χ1n) is 12.2. The highest BCUT2D eigenvalue weighted by Gasteiger charge is 2.18. The molecule has 0 aliphatic carbocycles. The van der Waals surface area contributed by atoms with Gasteiger partial charge in [0.05, 0.1) is 15.9 Å². The molecule has 190 valence electrons. The molecule has 0 aliphatic rings. The first kappa shape index (κ1) is 26.2. The van der Waals surface area contributed by atoms with E-state index in [1.165, 1.54) is 17.7 Å². The Kier molecular flexibility index (Phi) is 7.79. The average Bonchev–Trinajstić information content (AvgIpc) is 2.89. The van der Waals surface area contributed by atoms with E-state index in [2.05, 4.69) is 13.8 Å². The Morgan fingerprint density at radius 2 is 1.00 bits per heavy atom. The van der Waals surface area contributed by atoms with Crippen molar-refractivity contribution in [2.24, 2.45) is 0 Å². The van der Waals surface area contributed by atoms with Gasteiger partial charge in [-0.1, -0.05) is 38.1 Å². The van der Waals surface area contributed by atoms with Gasteiger partial charge in [0.15, 0.2) is 5.78 Å². The summed E-state index contributed by atoms with van der Waals surface area (Å²) < 4.78 is 37.4. The molecule has 6 heteroatoms. The Labute approximate surface area is 218 Å². The third kappa shape index (κ3) is 6.27. The number of sulfone groups is 1. The van der Waals surface area contributed by atoms with E-state index in [1.807, 2.05) is 38.1 Å². The van der Waals surface area contributed by atoms with Gasteiger partial charge in [-0.25, -0.2) is 8.42 Å². The number of rotatable bonds is 9. The number of benzene rings is 4. The number of ether oxygens (including phenoxy) is 2. The normalized spacial score (nSPS) is 11.5. The van der Waals surface area contributed by atoms with Crippen molar-refractivity contribution in [2.45, 2.75) is 49.5 Å². The molecule has 0 aliphatic heterocycles. The maximum atomic E-state index is 13.0. The van der Waals surface area contributed by atoms with E-state index >= 15 is 0 Å². The largest absolute Gasteiger partial charge is 0.491 e. The maximum Gasteiger partial charge on any atom is 0.206 e. The van der Waals surface area contributed by atoms with Crippen LogP contribution in [0.4, 0.5) is 0 Å². The Balaban J connectivity index is 1.42. The number of carbonyl (C=O) groups excluding carboxylic acids is 1. The Hall–Kier alpha value is -3.90. The number of carbonyl (C=O) groups is 1. The molecule has 0 saturated heterocycles. The van der Waals surface area contributed by atoms with Crippen LogP contribution in [0.1, 0.15) is 55.1 Å². The van der Waals surface area contributed by atoms with Gasteiger partial charge in [-0.15, -0.1) is 0 Å². The average molecular weight is 515 g/mol. The van der Waals surface area contributed by atoms with Crippen LogP contribution in [-0.2, 0) is 9.84 Å². The van der Waals surface area contributed by atoms with Crippen molar-refractivity contribution in [1.29, 1.82) is 0 Å². The van der Waals surface area contributed by atoms with Crippen LogP contribution in [0.3, 0.4) is 0 Å². The van der Waals surface area contributed by atoms with Crippen LogP contribution in [0.2, 0.25) is 0 Å². The van der Waals surface area contributed by atoms with E-state index in [9.17, 15) is 13.2 Å². The molecular weight excluding hydrogens is 484 g/mol. The lowest BCUT2D eigenvalue weighted by molar-refractivity contribution is 0.103. The molecule has 0 unspecified atom stereocenters. The molecule has 0 radical (unpaired) electrons. The summed E-state index contributed by atoms with van der Waals surface area (Å²) in [6.07, 6.45) is 0.00801. The predicted molar refractivity (Wildman–Crippen MR) is 145 cm³/mol. The molecule has 4 aromatic rings. The molecule has 4 aromatic carbocycles. The third-order valence-electron chi connectivity index (χ3n) is 5.83. The molecule has 0 aromatic heterocycles. The summed E-state index contributed by atoms with van der Waals surface area (Å²) in [6, 6.07) is 27.2. The minimum Gasteiger partial charge on any atom is -0.491 e. The second-order valence-electron chi connectivity index (χ2n) is 9.35. The molecule has 0 spiro atoms. The minimum absolute atomic E-state index is 0.00801. The molecule has 0 bridgehead atoms. The fourth-order valence-corrected chi connectivity index (χ4v) is 5.05. The van der Waals surface area contributed by atoms with E-state index in [0.29, 0.717) is 34.3 Å². The highest BCUT2D eigenvalue weighted by molar-refractivity contribution is 7.91. The fraction of sp³-hybridized carbons (Fsp3) is 0.194. The van der Waals surface area contributed by atoms with Crippen molar-refractivity contribution in [3.8, 4) is 17.2 Å². The van der Waals surface area contributed by atoms with Crippen molar-refractivity contribution in [3.63, 3.8) is 0 Å². The highest BCUT2D eigenvalue weighted by Crippen LogP contribution is 2.28. The van der Waals surface area contributed by atoms with Gasteiger partial charge in [0.2, 0.25) is 9.84 Å². The molecule has 0 amide bonds. The van der Waals surface area contributed by atoms with Gasteiger partial charge in [-0.05, 0) is 98.1 Å². The van der Waals surface area contributed by atoms with Gasteiger partial charge in [0.1, 0.15) is 17.2 Å². The van der Waals surface area contributed by atoms with Crippen LogP contribution in [0.25, 0.3) is 0 Å². The summed E-state index contributed by atoms with van der Waals surface area (Å²) in [5.74, 6) is 2.01. The molecule has 0 heterocycles. The zero-order valence-electron chi connectivity index (χ0n) is 21.3. The van der Waals surface area contributed by atoms with Gasteiger partial charge >= 0.3 is 0 Å². The van der Waals surface area contributed by atoms with E-state index in [1.54, 1.807) is 60.7 Å². The SMILES string of the molecule is CC(C)Oc1ccc(S(=O)(=O)c2ccc(Oc3ccc(C(=O)c4ccc(C(C)C)cc4)cc3)cc2)cc1. The lowest BCUT2D eigenvalue weighted by Crippen LogP contribution is -2.06. The summed E-state index contributed by atoms with van der Waals surface area (Å²) in [6.45, 7) is 8.05. The Morgan fingerprint density at radius 3 is 1.43 bits per heavy atom. The summed E-state index contributed by atoms with van der Waals surface area (Å²) in [5, 5.41) is 0.